The molecule has 6 aromatic carbocycles. The topological polar surface area (TPSA) is 81.2 Å². The molecule has 0 amide bonds. The van der Waals surface area contributed by atoms with Gasteiger partial charge in [-0.2, -0.15) is 15.8 Å². The van der Waals surface area contributed by atoms with Gasteiger partial charge in [0.25, 0.3) is 0 Å². The molecule has 0 bridgehead atoms. The minimum Gasteiger partial charge on any atom is -0.309 e. The average Bonchev–Trinajstić information content (AvgIpc) is 3.70. The first-order chi connectivity index (χ1) is 24.7. The molecule has 0 spiro atoms. The molecule has 232 valence electrons. The van der Waals surface area contributed by atoms with Crippen molar-refractivity contribution in [2.45, 2.75) is 12.8 Å². The second kappa shape index (κ2) is 11.5. The molecule has 0 saturated heterocycles. The summed E-state index contributed by atoms with van der Waals surface area (Å²) >= 11 is 0. The predicted octanol–water partition coefficient (Wildman–Crippen LogP) is 10.9. The zero-order valence-electron chi connectivity index (χ0n) is 26.9. The average molecular weight is 638 g/mol. The van der Waals surface area contributed by atoms with Crippen LogP contribution in [0, 0.1) is 34.0 Å². The second-order valence-corrected chi connectivity index (χ2v) is 12.6. The number of fused-ring (bicyclic) bond motifs is 6. The van der Waals surface area contributed by atoms with Crippen LogP contribution in [-0.2, 0) is 0 Å². The Labute approximate surface area is 288 Å². The van der Waals surface area contributed by atoms with Crippen LogP contribution in [0.15, 0.2) is 140 Å². The van der Waals surface area contributed by atoms with E-state index in [1.165, 1.54) is 5.57 Å². The van der Waals surface area contributed by atoms with Gasteiger partial charge in [-0.3, -0.25) is 0 Å². The summed E-state index contributed by atoms with van der Waals surface area (Å²) in [4.78, 5) is 0. The Balaban J connectivity index is 1.20. The summed E-state index contributed by atoms with van der Waals surface area (Å²) in [6.07, 6.45) is 6.26. The van der Waals surface area contributed by atoms with Gasteiger partial charge in [0.15, 0.2) is 0 Å². The molecule has 0 fully saturated rings. The fraction of sp³-hybridized carbons (Fsp3) is 0.0444. The molecule has 1 aliphatic carbocycles. The molecule has 5 nitrogen and oxygen atoms in total. The van der Waals surface area contributed by atoms with E-state index in [2.05, 4.69) is 100 Å². The summed E-state index contributed by atoms with van der Waals surface area (Å²) in [5.74, 6) is 0. The van der Waals surface area contributed by atoms with Gasteiger partial charge in [-0.1, -0.05) is 72.8 Å². The number of aromatic nitrogens is 2. The van der Waals surface area contributed by atoms with Crippen molar-refractivity contribution < 1.29 is 0 Å². The molecule has 0 saturated carbocycles. The minimum atomic E-state index is 0.579. The lowest BCUT2D eigenvalue weighted by atomic mass is 9.91. The number of benzene rings is 6. The van der Waals surface area contributed by atoms with E-state index in [1.54, 1.807) is 0 Å². The normalized spacial score (nSPS) is 12.8. The molecule has 9 rings (SSSR count). The van der Waals surface area contributed by atoms with Crippen molar-refractivity contribution in [3.05, 3.63) is 162 Å². The van der Waals surface area contributed by atoms with Gasteiger partial charge in [-0.05, 0) is 102 Å². The van der Waals surface area contributed by atoms with Gasteiger partial charge >= 0.3 is 0 Å². The quantitative estimate of drug-likeness (QED) is 0.192. The summed E-state index contributed by atoms with van der Waals surface area (Å²) < 4.78 is 4.46. The molecule has 0 aliphatic heterocycles. The Bertz CT molecular complexity index is 2910. The lowest BCUT2D eigenvalue weighted by Gasteiger charge is -2.20. The number of nitrogens with zero attached hydrogens (tertiary/aromatic N) is 5. The van der Waals surface area contributed by atoms with Crippen molar-refractivity contribution in [1.29, 1.82) is 15.8 Å². The third-order valence-corrected chi connectivity index (χ3v) is 9.91. The van der Waals surface area contributed by atoms with Crippen LogP contribution in [-0.4, -0.2) is 9.13 Å². The van der Waals surface area contributed by atoms with Gasteiger partial charge in [0.1, 0.15) is 0 Å². The van der Waals surface area contributed by atoms with Gasteiger partial charge in [0.2, 0.25) is 0 Å². The molecule has 0 atom stereocenters. The van der Waals surface area contributed by atoms with Gasteiger partial charge in [-0.15, -0.1) is 0 Å². The first kappa shape index (κ1) is 29.0. The summed E-state index contributed by atoms with van der Waals surface area (Å²) in [5.41, 5.74) is 12.1. The molecule has 5 heteroatoms. The molecule has 2 heterocycles. The van der Waals surface area contributed by atoms with E-state index in [0.717, 1.165) is 84.5 Å². The first-order valence-electron chi connectivity index (χ1n) is 16.6. The molecular weight excluding hydrogens is 611 g/mol. The van der Waals surface area contributed by atoms with Crippen LogP contribution < -0.4 is 0 Å². The molecule has 1 aliphatic rings. The van der Waals surface area contributed by atoms with Crippen LogP contribution in [0.1, 0.15) is 35.1 Å². The lowest BCUT2D eigenvalue weighted by molar-refractivity contribution is 1.04. The van der Waals surface area contributed by atoms with Crippen LogP contribution in [0.4, 0.5) is 0 Å². The third kappa shape index (κ3) is 4.37. The number of hydrogen-bond acceptors (Lipinski definition) is 3. The number of para-hydroxylation sites is 2. The zero-order valence-corrected chi connectivity index (χ0v) is 26.9. The van der Waals surface area contributed by atoms with E-state index in [0.29, 0.717) is 16.7 Å². The fourth-order valence-electron chi connectivity index (χ4n) is 7.74. The van der Waals surface area contributed by atoms with Gasteiger partial charge < -0.3 is 9.13 Å². The van der Waals surface area contributed by atoms with Crippen molar-refractivity contribution in [1.82, 2.24) is 9.13 Å². The van der Waals surface area contributed by atoms with E-state index < -0.39 is 0 Å². The summed E-state index contributed by atoms with van der Waals surface area (Å²) in [6.45, 7) is 0. The largest absolute Gasteiger partial charge is 0.309 e. The van der Waals surface area contributed by atoms with Crippen LogP contribution >= 0.6 is 0 Å². The van der Waals surface area contributed by atoms with Crippen LogP contribution in [0.2, 0.25) is 0 Å². The van der Waals surface area contributed by atoms with Crippen molar-refractivity contribution >= 4 is 54.9 Å². The summed E-state index contributed by atoms with van der Waals surface area (Å²) in [6, 6.07) is 49.9. The number of nitriles is 3. The number of hydrogen-bond donors (Lipinski definition) is 0. The lowest BCUT2D eigenvalue weighted by Crippen LogP contribution is -2.03. The van der Waals surface area contributed by atoms with E-state index in [9.17, 15) is 15.8 Å². The maximum atomic E-state index is 10.5. The van der Waals surface area contributed by atoms with E-state index in [4.69, 9.17) is 0 Å². The second-order valence-electron chi connectivity index (χ2n) is 12.6. The zero-order chi connectivity index (χ0) is 33.8. The molecule has 8 aromatic rings. The maximum Gasteiger partial charge on any atom is 0.0998 e. The third-order valence-electron chi connectivity index (χ3n) is 9.91. The van der Waals surface area contributed by atoms with Crippen LogP contribution in [0.25, 0.3) is 71.7 Å². The van der Waals surface area contributed by atoms with Crippen molar-refractivity contribution in [3.63, 3.8) is 0 Å². The van der Waals surface area contributed by atoms with Crippen molar-refractivity contribution in [2.75, 3.05) is 0 Å². The van der Waals surface area contributed by atoms with Gasteiger partial charge in [0.05, 0.1) is 57.0 Å². The molecule has 0 N–H and O–H groups in total. The van der Waals surface area contributed by atoms with Crippen molar-refractivity contribution in [2.24, 2.45) is 0 Å². The smallest absolute Gasteiger partial charge is 0.0998 e. The highest BCUT2D eigenvalue weighted by molar-refractivity contribution is 6.13. The van der Waals surface area contributed by atoms with Crippen LogP contribution in [0.3, 0.4) is 0 Å². The highest BCUT2D eigenvalue weighted by Crippen LogP contribution is 2.40. The number of allylic oxidation sites excluding steroid dienone is 4. The van der Waals surface area contributed by atoms with E-state index in [1.807, 2.05) is 66.7 Å². The van der Waals surface area contributed by atoms with Gasteiger partial charge in [0, 0.05) is 32.9 Å². The standard InChI is InChI=1S/C45H27N5/c46-26-29-19-22-43-39(23-29)37-13-2-5-16-41(37)50(43)40-15-4-1-12-36(40)31-10-7-9-30(24-31)35-21-20-34(25-33(35)28-48)49-42-17-6-3-14-38(42)45-32(27-47)11-8-18-44(45)49/h2-11,13-25H,1,12H2. The Kier molecular flexibility index (Phi) is 6.70. The predicted molar refractivity (Wildman–Crippen MR) is 201 cm³/mol. The van der Waals surface area contributed by atoms with E-state index in [-0.39, 0.29) is 0 Å². The molecule has 0 radical (unpaired) electrons. The monoisotopic (exact) mass is 637 g/mol. The first-order valence-corrected chi connectivity index (χ1v) is 16.6. The Morgan fingerprint density at radius 1 is 0.520 bits per heavy atom. The summed E-state index contributed by atoms with van der Waals surface area (Å²) in [5, 5.41) is 34.1. The summed E-state index contributed by atoms with van der Waals surface area (Å²) in [7, 11) is 0. The Morgan fingerprint density at radius 3 is 2.06 bits per heavy atom. The maximum absolute atomic E-state index is 10.5. The van der Waals surface area contributed by atoms with Crippen molar-refractivity contribution in [3.8, 4) is 35.0 Å². The fourth-order valence-corrected chi connectivity index (χ4v) is 7.74. The van der Waals surface area contributed by atoms with E-state index >= 15 is 0 Å². The Morgan fingerprint density at radius 2 is 1.24 bits per heavy atom. The highest BCUT2D eigenvalue weighted by Gasteiger charge is 2.20. The molecule has 50 heavy (non-hydrogen) atoms. The minimum absolute atomic E-state index is 0.579. The molecule has 0 unspecified atom stereocenters. The van der Waals surface area contributed by atoms with Gasteiger partial charge in [-0.25, -0.2) is 0 Å². The molecule has 2 aromatic heterocycles. The molecular formula is C45H27N5. The SMILES string of the molecule is N#Cc1ccc2c(c1)c1ccccc1n2C1=C(c2cccc(-c3ccc(-n4c5ccccc5c5c(C#N)cccc54)cc3C#N)c2)CCC=C1. The van der Waals surface area contributed by atoms with Crippen LogP contribution in [0.5, 0.6) is 0 Å². The highest BCUT2D eigenvalue weighted by atomic mass is 15.0. The number of rotatable bonds is 4. The Hall–Kier alpha value is -7.13.